The Kier molecular flexibility index (Phi) is 3.49. The van der Waals surface area contributed by atoms with E-state index in [1.54, 1.807) is 0 Å². The van der Waals surface area contributed by atoms with Gasteiger partial charge < -0.3 is 10.6 Å². The lowest BCUT2D eigenvalue weighted by Gasteiger charge is -2.27. The summed E-state index contributed by atoms with van der Waals surface area (Å²) in [6.07, 6.45) is 1.20. The number of hydrogen-bond donors (Lipinski definition) is 2. The van der Waals surface area contributed by atoms with Gasteiger partial charge in [0.15, 0.2) is 0 Å². The van der Waals surface area contributed by atoms with Crippen molar-refractivity contribution in [3.63, 3.8) is 0 Å². The summed E-state index contributed by atoms with van der Waals surface area (Å²) in [4.78, 5) is 0. The van der Waals surface area contributed by atoms with Gasteiger partial charge >= 0.3 is 0 Å². The van der Waals surface area contributed by atoms with Crippen molar-refractivity contribution in [2.24, 2.45) is 5.92 Å². The first-order chi connectivity index (χ1) is 7.65. The molecule has 2 rings (SSSR count). The number of aryl methyl sites for hydroxylation is 1. The average molecular weight is 218 g/mol. The van der Waals surface area contributed by atoms with Gasteiger partial charge in [0.2, 0.25) is 0 Å². The Balaban J connectivity index is 1.98. The number of anilines is 1. The van der Waals surface area contributed by atoms with Crippen LogP contribution in [-0.2, 0) is 6.42 Å². The summed E-state index contributed by atoms with van der Waals surface area (Å²) in [6, 6.07) is 7.30. The molecule has 0 saturated carbocycles. The lowest BCUT2D eigenvalue weighted by molar-refractivity contribution is 0.455. The van der Waals surface area contributed by atoms with E-state index in [4.69, 9.17) is 0 Å². The fraction of sp³-hybridized carbons (Fsp3) is 0.571. The number of hydrogen-bond acceptors (Lipinski definition) is 2. The summed E-state index contributed by atoms with van der Waals surface area (Å²) in [5.74, 6) is 0.720. The van der Waals surface area contributed by atoms with Gasteiger partial charge in [0.25, 0.3) is 0 Å². The van der Waals surface area contributed by atoms with Crippen LogP contribution in [0, 0.1) is 12.8 Å². The second-order valence-corrected chi connectivity index (χ2v) is 5.17. The smallest absolute Gasteiger partial charge is 0.0375 e. The summed E-state index contributed by atoms with van der Waals surface area (Å²) < 4.78 is 0. The Morgan fingerprint density at radius 2 is 2.25 bits per heavy atom. The van der Waals surface area contributed by atoms with E-state index < -0.39 is 0 Å². The molecule has 1 aromatic carbocycles. The molecule has 1 atom stereocenters. The van der Waals surface area contributed by atoms with Crippen molar-refractivity contribution in [1.82, 2.24) is 5.32 Å². The largest absolute Gasteiger partial charge is 0.384 e. The fourth-order valence-corrected chi connectivity index (χ4v) is 2.22. The second kappa shape index (κ2) is 4.88. The maximum Gasteiger partial charge on any atom is 0.0375 e. The molecule has 2 N–H and O–H groups in total. The molecule has 2 heteroatoms. The molecule has 0 aliphatic carbocycles. The normalized spacial score (nSPS) is 19.4. The average Bonchev–Trinajstić information content (AvgIpc) is 2.26. The van der Waals surface area contributed by atoms with Gasteiger partial charge in [0.05, 0.1) is 0 Å². The predicted molar refractivity (Wildman–Crippen MR) is 70.0 cm³/mol. The molecule has 0 radical (unpaired) electrons. The SMILES string of the molecule is Cc1ccc2c(c1)NCC(CNC(C)C)C2. The van der Waals surface area contributed by atoms with Crippen molar-refractivity contribution in [3.05, 3.63) is 29.3 Å². The van der Waals surface area contributed by atoms with Crippen molar-refractivity contribution in [1.29, 1.82) is 0 Å². The zero-order valence-electron chi connectivity index (χ0n) is 10.5. The maximum absolute atomic E-state index is 3.54. The lowest BCUT2D eigenvalue weighted by Crippen LogP contribution is -2.35. The molecule has 88 valence electrons. The van der Waals surface area contributed by atoms with Gasteiger partial charge in [-0.3, -0.25) is 0 Å². The number of rotatable bonds is 3. The molecule has 1 aliphatic rings. The van der Waals surface area contributed by atoms with Crippen molar-refractivity contribution >= 4 is 5.69 Å². The molecule has 0 aromatic heterocycles. The quantitative estimate of drug-likeness (QED) is 0.815. The predicted octanol–water partition coefficient (Wildman–Crippen LogP) is 2.58. The number of benzene rings is 1. The minimum absolute atomic E-state index is 0.583. The van der Waals surface area contributed by atoms with E-state index in [0.29, 0.717) is 6.04 Å². The minimum Gasteiger partial charge on any atom is -0.384 e. The molecule has 1 unspecified atom stereocenters. The molecule has 1 heterocycles. The first-order valence-electron chi connectivity index (χ1n) is 6.22. The van der Waals surface area contributed by atoms with E-state index in [1.807, 2.05) is 0 Å². The molecule has 1 aromatic rings. The van der Waals surface area contributed by atoms with Gasteiger partial charge in [-0.1, -0.05) is 26.0 Å². The third-order valence-electron chi connectivity index (χ3n) is 3.17. The van der Waals surface area contributed by atoms with E-state index >= 15 is 0 Å². The summed E-state index contributed by atoms with van der Waals surface area (Å²) >= 11 is 0. The van der Waals surface area contributed by atoms with Crippen LogP contribution in [0.5, 0.6) is 0 Å². The van der Waals surface area contributed by atoms with E-state index in [-0.39, 0.29) is 0 Å². The molecule has 0 fully saturated rings. The Bertz CT molecular complexity index is 358. The van der Waals surface area contributed by atoms with Crippen LogP contribution in [0.15, 0.2) is 18.2 Å². The fourth-order valence-electron chi connectivity index (χ4n) is 2.22. The van der Waals surface area contributed by atoms with E-state index in [2.05, 4.69) is 49.6 Å². The van der Waals surface area contributed by atoms with E-state index in [0.717, 1.165) is 19.0 Å². The Labute approximate surface area is 98.4 Å². The molecule has 0 bridgehead atoms. The minimum atomic E-state index is 0.583. The number of nitrogens with one attached hydrogen (secondary N) is 2. The molecular weight excluding hydrogens is 196 g/mol. The van der Waals surface area contributed by atoms with Crippen LogP contribution in [0.1, 0.15) is 25.0 Å². The number of fused-ring (bicyclic) bond motifs is 1. The van der Waals surface area contributed by atoms with E-state index in [9.17, 15) is 0 Å². The van der Waals surface area contributed by atoms with Crippen molar-refractivity contribution in [2.45, 2.75) is 33.2 Å². The molecule has 2 nitrogen and oxygen atoms in total. The van der Waals surface area contributed by atoms with Crippen LogP contribution >= 0.6 is 0 Å². The van der Waals surface area contributed by atoms with E-state index in [1.165, 1.54) is 23.2 Å². The topological polar surface area (TPSA) is 24.1 Å². The third-order valence-corrected chi connectivity index (χ3v) is 3.17. The first-order valence-corrected chi connectivity index (χ1v) is 6.22. The molecule has 16 heavy (non-hydrogen) atoms. The molecule has 0 amide bonds. The van der Waals surface area contributed by atoms with Gasteiger partial charge in [-0.15, -0.1) is 0 Å². The van der Waals surface area contributed by atoms with Gasteiger partial charge in [-0.2, -0.15) is 0 Å². The highest BCUT2D eigenvalue weighted by Gasteiger charge is 2.17. The molecule has 1 aliphatic heterocycles. The summed E-state index contributed by atoms with van der Waals surface area (Å²) in [5, 5.41) is 7.05. The molecular formula is C14H22N2. The van der Waals surface area contributed by atoms with Gasteiger partial charge in [0, 0.05) is 24.8 Å². The monoisotopic (exact) mass is 218 g/mol. The highest BCUT2D eigenvalue weighted by atomic mass is 14.9. The first kappa shape index (κ1) is 11.5. The summed E-state index contributed by atoms with van der Waals surface area (Å²) in [7, 11) is 0. The third kappa shape index (κ3) is 2.76. The maximum atomic E-state index is 3.54. The Hall–Kier alpha value is -1.02. The standard InChI is InChI=1S/C14H22N2/c1-10(2)15-8-12-7-13-5-4-11(3)6-14(13)16-9-12/h4-6,10,12,15-16H,7-9H2,1-3H3. The lowest BCUT2D eigenvalue weighted by atomic mass is 9.93. The molecule has 0 spiro atoms. The zero-order chi connectivity index (χ0) is 11.5. The Morgan fingerprint density at radius 3 is 3.00 bits per heavy atom. The van der Waals surface area contributed by atoms with Crippen molar-refractivity contribution < 1.29 is 0 Å². The zero-order valence-corrected chi connectivity index (χ0v) is 10.5. The summed E-state index contributed by atoms with van der Waals surface area (Å²) in [5.41, 5.74) is 4.14. The van der Waals surface area contributed by atoms with Crippen molar-refractivity contribution in [3.8, 4) is 0 Å². The van der Waals surface area contributed by atoms with Gasteiger partial charge in [-0.05, 0) is 36.5 Å². The van der Waals surface area contributed by atoms with Crippen LogP contribution in [0.25, 0.3) is 0 Å². The highest BCUT2D eigenvalue weighted by molar-refractivity contribution is 5.55. The van der Waals surface area contributed by atoms with Gasteiger partial charge in [0.1, 0.15) is 0 Å². The molecule has 0 saturated heterocycles. The van der Waals surface area contributed by atoms with Gasteiger partial charge in [-0.25, -0.2) is 0 Å². The van der Waals surface area contributed by atoms with Crippen LogP contribution in [0.3, 0.4) is 0 Å². The van der Waals surface area contributed by atoms with Crippen molar-refractivity contribution in [2.75, 3.05) is 18.4 Å². The highest BCUT2D eigenvalue weighted by Crippen LogP contribution is 2.25. The Morgan fingerprint density at radius 1 is 1.44 bits per heavy atom. The van der Waals surface area contributed by atoms with Crippen LogP contribution in [-0.4, -0.2) is 19.1 Å². The van der Waals surface area contributed by atoms with Crippen LogP contribution in [0.4, 0.5) is 5.69 Å². The van der Waals surface area contributed by atoms with Crippen LogP contribution in [0.2, 0.25) is 0 Å². The summed E-state index contributed by atoms with van der Waals surface area (Å²) in [6.45, 7) is 8.75. The second-order valence-electron chi connectivity index (χ2n) is 5.17. The van der Waals surface area contributed by atoms with Crippen LogP contribution < -0.4 is 10.6 Å².